The minimum Gasteiger partial charge on any atom is -0.368 e. The second-order valence-corrected chi connectivity index (χ2v) is 4.30. The minimum absolute atomic E-state index is 0.0172. The van der Waals surface area contributed by atoms with Gasteiger partial charge in [-0.05, 0) is 19.1 Å². The van der Waals surface area contributed by atoms with E-state index in [1.54, 1.807) is 0 Å². The van der Waals surface area contributed by atoms with Crippen LogP contribution in [0.1, 0.15) is 29.3 Å². The van der Waals surface area contributed by atoms with Gasteiger partial charge in [-0.25, -0.2) is 8.78 Å². The Bertz CT molecular complexity index is 549. The van der Waals surface area contributed by atoms with E-state index in [9.17, 15) is 23.2 Å². The summed E-state index contributed by atoms with van der Waals surface area (Å²) in [6.07, 6.45) is -2.68. The predicted octanol–water partition coefficient (Wildman–Crippen LogP) is 0.344. The van der Waals surface area contributed by atoms with Crippen LogP contribution in [0.5, 0.6) is 0 Å². The van der Waals surface area contributed by atoms with Gasteiger partial charge in [0, 0.05) is 11.1 Å². The summed E-state index contributed by atoms with van der Waals surface area (Å²) >= 11 is 0. The predicted molar refractivity (Wildman–Crippen MR) is 70.5 cm³/mol. The molecule has 0 spiro atoms. The molecule has 0 radical (unpaired) electrons. The molecule has 3 amide bonds. The Morgan fingerprint density at radius 2 is 1.95 bits per heavy atom. The SMILES string of the molecule is CC(NC(=O)CNC(=O)c1cccc(C(F)F)c1)C(N)=O. The number of hydrogen-bond acceptors (Lipinski definition) is 3. The lowest BCUT2D eigenvalue weighted by molar-refractivity contribution is -0.126. The summed E-state index contributed by atoms with van der Waals surface area (Å²) in [5.74, 6) is -1.99. The van der Waals surface area contributed by atoms with Crippen molar-refractivity contribution < 1.29 is 23.2 Å². The smallest absolute Gasteiger partial charge is 0.263 e. The summed E-state index contributed by atoms with van der Waals surface area (Å²) in [6, 6.07) is 4.06. The molecule has 0 aliphatic rings. The molecule has 0 bridgehead atoms. The molecular weight excluding hydrogens is 284 g/mol. The number of nitrogens with one attached hydrogen (secondary N) is 2. The Labute approximate surface area is 119 Å². The highest BCUT2D eigenvalue weighted by atomic mass is 19.3. The van der Waals surface area contributed by atoms with Crippen molar-refractivity contribution in [1.29, 1.82) is 0 Å². The van der Waals surface area contributed by atoms with Crippen molar-refractivity contribution in [2.75, 3.05) is 6.54 Å². The van der Waals surface area contributed by atoms with Crippen LogP contribution >= 0.6 is 0 Å². The van der Waals surface area contributed by atoms with Crippen LogP contribution in [0.4, 0.5) is 8.78 Å². The van der Waals surface area contributed by atoms with Crippen molar-refractivity contribution in [2.45, 2.75) is 19.4 Å². The first kappa shape index (κ1) is 16.5. The highest BCUT2D eigenvalue weighted by molar-refractivity contribution is 5.97. The largest absolute Gasteiger partial charge is 0.368 e. The number of alkyl halides is 2. The number of rotatable bonds is 6. The summed E-state index contributed by atoms with van der Waals surface area (Å²) in [6.45, 7) is 1.00. The Hall–Kier alpha value is -2.51. The van der Waals surface area contributed by atoms with Crippen LogP contribution in [0.25, 0.3) is 0 Å². The molecule has 114 valence electrons. The van der Waals surface area contributed by atoms with Gasteiger partial charge in [-0.2, -0.15) is 0 Å². The van der Waals surface area contributed by atoms with Crippen LogP contribution in [0, 0.1) is 0 Å². The minimum atomic E-state index is -2.68. The van der Waals surface area contributed by atoms with Crippen LogP contribution in [0.2, 0.25) is 0 Å². The van der Waals surface area contributed by atoms with Gasteiger partial charge in [0.2, 0.25) is 11.8 Å². The van der Waals surface area contributed by atoms with Crippen molar-refractivity contribution in [2.24, 2.45) is 5.73 Å². The molecule has 0 saturated heterocycles. The molecule has 6 nitrogen and oxygen atoms in total. The van der Waals surface area contributed by atoms with Crippen molar-refractivity contribution >= 4 is 17.7 Å². The number of carbonyl (C=O) groups is 3. The van der Waals surface area contributed by atoms with Gasteiger partial charge in [0.15, 0.2) is 0 Å². The Kier molecular flexibility index (Phi) is 5.77. The molecule has 0 saturated carbocycles. The van der Waals surface area contributed by atoms with Crippen molar-refractivity contribution in [3.05, 3.63) is 35.4 Å². The number of nitrogens with two attached hydrogens (primary N) is 1. The molecule has 0 aliphatic heterocycles. The van der Waals surface area contributed by atoms with E-state index in [0.717, 1.165) is 6.07 Å². The second-order valence-electron chi connectivity index (χ2n) is 4.30. The molecule has 21 heavy (non-hydrogen) atoms. The Morgan fingerprint density at radius 1 is 1.29 bits per heavy atom. The van der Waals surface area contributed by atoms with E-state index >= 15 is 0 Å². The molecule has 8 heteroatoms. The number of amides is 3. The molecule has 4 N–H and O–H groups in total. The number of benzene rings is 1. The summed E-state index contributed by atoms with van der Waals surface area (Å²) in [5.41, 5.74) is 4.70. The van der Waals surface area contributed by atoms with Crippen LogP contribution in [-0.4, -0.2) is 30.3 Å². The zero-order chi connectivity index (χ0) is 16.0. The first-order chi connectivity index (χ1) is 9.81. The zero-order valence-electron chi connectivity index (χ0n) is 11.2. The topological polar surface area (TPSA) is 101 Å². The van der Waals surface area contributed by atoms with Gasteiger partial charge in [-0.1, -0.05) is 12.1 Å². The van der Waals surface area contributed by atoms with Gasteiger partial charge in [0.05, 0.1) is 6.54 Å². The Balaban J connectivity index is 2.56. The monoisotopic (exact) mass is 299 g/mol. The van der Waals surface area contributed by atoms with Gasteiger partial charge in [-0.15, -0.1) is 0 Å². The zero-order valence-corrected chi connectivity index (χ0v) is 11.2. The highest BCUT2D eigenvalue weighted by Gasteiger charge is 2.14. The number of halogens is 2. The van der Waals surface area contributed by atoms with Gasteiger partial charge in [0.25, 0.3) is 12.3 Å². The third kappa shape index (κ3) is 5.17. The molecule has 0 heterocycles. The summed E-state index contributed by atoms with van der Waals surface area (Å²) in [7, 11) is 0. The summed E-state index contributed by atoms with van der Waals surface area (Å²) in [5, 5.41) is 4.53. The first-order valence-electron chi connectivity index (χ1n) is 6.06. The highest BCUT2D eigenvalue weighted by Crippen LogP contribution is 2.19. The van der Waals surface area contributed by atoms with Crippen LogP contribution in [-0.2, 0) is 9.59 Å². The molecule has 1 aromatic rings. The molecule has 0 fully saturated rings. The van der Waals surface area contributed by atoms with E-state index < -0.39 is 36.7 Å². The third-order valence-corrected chi connectivity index (χ3v) is 2.61. The van der Waals surface area contributed by atoms with Crippen LogP contribution in [0.15, 0.2) is 24.3 Å². The van der Waals surface area contributed by atoms with E-state index in [-0.39, 0.29) is 11.1 Å². The van der Waals surface area contributed by atoms with E-state index in [2.05, 4.69) is 10.6 Å². The summed E-state index contributed by atoms with van der Waals surface area (Å²) < 4.78 is 25.0. The first-order valence-corrected chi connectivity index (χ1v) is 6.06. The average Bonchev–Trinajstić information content (AvgIpc) is 2.44. The molecule has 1 rings (SSSR count). The van der Waals surface area contributed by atoms with Crippen LogP contribution < -0.4 is 16.4 Å². The fraction of sp³-hybridized carbons (Fsp3) is 0.308. The fourth-order valence-corrected chi connectivity index (χ4v) is 1.44. The van der Waals surface area contributed by atoms with Crippen molar-refractivity contribution in [3.63, 3.8) is 0 Å². The van der Waals surface area contributed by atoms with Gasteiger partial charge < -0.3 is 16.4 Å². The van der Waals surface area contributed by atoms with Crippen LogP contribution in [0.3, 0.4) is 0 Å². The van der Waals surface area contributed by atoms with Gasteiger partial charge in [0.1, 0.15) is 6.04 Å². The average molecular weight is 299 g/mol. The maximum atomic E-state index is 12.5. The lowest BCUT2D eigenvalue weighted by Gasteiger charge is -2.11. The number of hydrogen-bond donors (Lipinski definition) is 3. The van der Waals surface area contributed by atoms with Crippen molar-refractivity contribution in [3.8, 4) is 0 Å². The van der Waals surface area contributed by atoms with Gasteiger partial charge >= 0.3 is 0 Å². The Morgan fingerprint density at radius 3 is 2.52 bits per heavy atom. The third-order valence-electron chi connectivity index (χ3n) is 2.61. The maximum Gasteiger partial charge on any atom is 0.263 e. The molecule has 1 atom stereocenters. The molecule has 0 aromatic heterocycles. The lowest BCUT2D eigenvalue weighted by atomic mass is 10.1. The van der Waals surface area contributed by atoms with Gasteiger partial charge in [-0.3, -0.25) is 14.4 Å². The number of primary amides is 1. The van der Waals surface area contributed by atoms with E-state index in [0.29, 0.717) is 0 Å². The molecular formula is C13H15F2N3O3. The molecule has 1 unspecified atom stereocenters. The maximum absolute atomic E-state index is 12.5. The quantitative estimate of drug-likeness (QED) is 0.706. The lowest BCUT2D eigenvalue weighted by Crippen LogP contribution is -2.46. The standard InChI is InChI=1S/C13H15F2N3O3/c1-7(12(16)20)18-10(19)6-17-13(21)9-4-2-3-8(5-9)11(14)15/h2-5,7,11H,6H2,1H3,(H2,16,20)(H,17,21)(H,18,19). The summed E-state index contributed by atoms with van der Waals surface area (Å²) in [4.78, 5) is 33.9. The number of carbonyl (C=O) groups excluding carboxylic acids is 3. The van der Waals surface area contributed by atoms with E-state index in [1.807, 2.05) is 0 Å². The van der Waals surface area contributed by atoms with E-state index in [1.165, 1.54) is 25.1 Å². The second kappa shape index (κ2) is 7.32. The molecule has 1 aromatic carbocycles. The van der Waals surface area contributed by atoms with E-state index in [4.69, 9.17) is 5.73 Å². The van der Waals surface area contributed by atoms with Crippen molar-refractivity contribution in [1.82, 2.24) is 10.6 Å². The molecule has 0 aliphatic carbocycles. The normalized spacial score (nSPS) is 11.8. The fourth-order valence-electron chi connectivity index (χ4n) is 1.44.